The fraction of sp³-hybridized carbons (Fsp3) is 0.409. The van der Waals surface area contributed by atoms with Crippen LogP contribution in [0.5, 0.6) is 0 Å². The van der Waals surface area contributed by atoms with E-state index < -0.39 is 10.0 Å². The Morgan fingerprint density at radius 3 is 2.14 bits per heavy atom. The Morgan fingerprint density at radius 2 is 1.52 bits per heavy atom. The number of rotatable bonds is 5. The van der Waals surface area contributed by atoms with Gasteiger partial charge in [0.15, 0.2) is 0 Å². The summed E-state index contributed by atoms with van der Waals surface area (Å²) in [6.07, 6.45) is 0. The number of amides is 1. The molecule has 1 N–H and O–H groups in total. The molecule has 7 heteroatoms. The molecule has 1 aliphatic heterocycles. The fourth-order valence-corrected chi connectivity index (χ4v) is 5.43. The molecule has 1 heterocycles. The molecule has 0 bridgehead atoms. The maximum Gasteiger partial charge on any atom is 0.243 e. The molecule has 6 nitrogen and oxygen atoms in total. The van der Waals surface area contributed by atoms with Crippen LogP contribution in [0.3, 0.4) is 0 Å². The van der Waals surface area contributed by atoms with Gasteiger partial charge in [-0.3, -0.25) is 9.69 Å². The van der Waals surface area contributed by atoms with Crippen molar-refractivity contribution < 1.29 is 13.2 Å². The van der Waals surface area contributed by atoms with Gasteiger partial charge in [-0.1, -0.05) is 18.2 Å². The zero-order valence-corrected chi connectivity index (χ0v) is 18.3. The Balaban J connectivity index is 1.58. The molecule has 156 valence electrons. The smallest absolute Gasteiger partial charge is 0.243 e. The highest BCUT2D eigenvalue weighted by Crippen LogP contribution is 2.22. The Bertz CT molecular complexity index is 990. The Morgan fingerprint density at radius 1 is 0.897 bits per heavy atom. The van der Waals surface area contributed by atoms with Crippen LogP contribution in [0.25, 0.3) is 0 Å². The number of hydrogen-bond donors (Lipinski definition) is 1. The molecule has 1 saturated heterocycles. The molecule has 0 atom stereocenters. The van der Waals surface area contributed by atoms with Crippen molar-refractivity contribution in [1.82, 2.24) is 9.21 Å². The topological polar surface area (TPSA) is 69.7 Å². The molecule has 2 aromatic rings. The van der Waals surface area contributed by atoms with Crippen LogP contribution >= 0.6 is 0 Å². The van der Waals surface area contributed by atoms with Crippen molar-refractivity contribution in [3.05, 3.63) is 58.7 Å². The van der Waals surface area contributed by atoms with Crippen molar-refractivity contribution in [2.75, 3.05) is 38.0 Å². The zero-order valence-electron chi connectivity index (χ0n) is 17.5. The van der Waals surface area contributed by atoms with Gasteiger partial charge in [0, 0.05) is 31.9 Å². The van der Waals surface area contributed by atoms with Crippen LogP contribution in [0.1, 0.15) is 22.3 Å². The number of hydrogen-bond acceptors (Lipinski definition) is 4. The number of nitrogens with zero attached hydrogens (tertiary/aromatic N) is 2. The van der Waals surface area contributed by atoms with E-state index in [1.807, 2.05) is 56.9 Å². The van der Waals surface area contributed by atoms with Gasteiger partial charge in [-0.15, -0.1) is 0 Å². The van der Waals surface area contributed by atoms with Gasteiger partial charge in [-0.05, 0) is 68.1 Å². The summed E-state index contributed by atoms with van der Waals surface area (Å²) in [6, 6.07) is 11.4. The fourth-order valence-electron chi connectivity index (χ4n) is 3.70. The maximum atomic E-state index is 13.0. The SMILES string of the molecule is Cc1cc(C)cc(NC(=O)CN2CCN(S(=O)(=O)c3cc(C)ccc3C)CC2)c1. The van der Waals surface area contributed by atoms with Crippen molar-refractivity contribution >= 4 is 21.6 Å². The van der Waals surface area contributed by atoms with Crippen LogP contribution in [0.15, 0.2) is 41.3 Å². The first-order valence-corrected chi connectivity index (χ1v) is 11.3. The van der Waals surface area contributed by atoms with Crippen molar-refractivity contribution in [2.45, 2.75) is 32.6 Å². The Kier molecular flexibility index (Phi) is 6.41. The molecule has 3 rings (SSSR count). The zero-order chi connectivity index (χ0) is 21.2. The largest absolute Gasteiger partial charge is 0.325 e. The lowest BCUT2D eigenvalue weighted by Crippen LogP contribution is -2.50. The van der Waals surface area contributed by atoms with Gasteiger partial charge in [-0.25, -0.2) is 8.42 Å². The van der Waals surface area contributed by atoms with Crippen molar-refractivity contribution in [3.8, 4) is 0 Å². The third-order valence-corrected chi connectivity index (χ3v) is 7.21. The number of sulfonamides is 1. The lowest BCUT2D eigenvalue weighted by molar-refractivity contribution is -0.117. The number of benzene rings is 2. The third kappa shape index (κ3) is 5.23. The summed E-state index contributed by atoms with van der Waals surface area (Å²) in [5.74, 6) is -0.0826. The van der Waals surface area contributed by atoms with Crippen molar-refractivity contribution in [3.63, 3.8) is 0 Å². The lowest BCUT2D eigenvalue weighted by atomic mass is 10.1. The van der Waals surface area contributed by atoms with Crippen LogP contribution in [0.4, 0.5) is 5.69 Å². The summed E-state index contributed by atoms with van der Waals surface area (Å²) in [7, 11) is -3.52. The van der Waals surface area contributed by atoms with E-state index in [1.54, 1.807) is 6.07 Å². The second-order valence-electron chi connectivity index (χ2n) is 7.87. The molecular formula is C22H29N3O3S. The van der Waals surface area contributed by atoms with Gasteiger partial charge in [-0.2, -0.15) is 4.31 Å². The number of aryl methyl sites for hydroxylation is 4. The normalized spacial score (nSPS) is 16.0. The highest BCUT2D eigenvalue weighted by Gasteiger charge is 2.30. The first-order chi connectivity index (χ1) is 13.6. The van der Waals surface area contributed by atoms with Crippen molar-refractivity contribution in [2.24, 2.45) is 0 Å². The lowest BCUT2D eigenvalue weighted by Gasteiger charge is -2.33. The molecule has 2 aromatic carbocycles. The quantitative estimate of drug-likeness (QED) is 0.815. The van der Waals surface area contributed by atoms with E-state index in [2.05, 4.69) is 11.4 Å². The van der Waals surface area contributed by atoms with E-state index in [0.29, 0.717) is 31.1 Å². The predicted octanol–water partition coefficient (Wildman–Crippen LogP) is 2.87. The first-order valence-electron chi connectivity index (χ1n) is 9.83. The average Bonchev–Trinajstić information content (AvgIpc) is 2.63. The molecular weight excluding hydrogens is 386 g/mol. The molecule has 1 fully saturated rings. The molecule has 0 aliphatic carbocycles. The molecule has 0 spiro atoms. The highest BCUT2D eigenvalue weighted by atomic mass is 32.2. The van der Waals surface area contributed by atoms with Gasteiger partial charge >= 0.3 is 0 Å². The second kappa shape index (κ2) is 8.65. The van der Waals surface area contributed by atoms with E-state index in [0.717, 1.165) is 27.9 Å². The Hall–Kier alpha value is -2.22. The minimum atomic E-state index is -3.52. The Labute approximate surface area is 173 Å². The number of carbonyl (C=O) groups excluding carboxylic acids is 1. The number of carbonyl (C=O) groups is 1. The van der Waals surface area contributed by atoms with Gasteiger partial charge in [0.1, 0.15) is 0 Å². The van der Waals surface area contributed by atoms with Crippen LogP contribution < -0.4 is 5.32 Å². The van der Waals surface area contributed by atoms with Gasteiger partial charge in [0.2, 0.25) is 15.9 Å². The molecule has 0 unspecified atom stereocenters. The predicted molar refractivity (Wildman–Crippen MR) is 116 cm³/mol. The van der Waals surface area contributed by atoms with Crippen LogP contribution in [-0.2, 0) is 14.8 Å². The summed E-state index contributed by atoms with van der Waals surface area (Å²) in [4.78, 5) is 14.8. The summed E-state index contributed by atoms with van der Waals surface area (Å²) in [5.41, 5.74) is 4.68. The van der Waals surface area contributed by atoms with Gasteiger partial charge in [0.05, 0.1) is 11.4 Å². The van der Waals surface area contributed by atoms with E-state index in [-0.39, 0.29) is 12.5 Å². The summed E-state index contributed by atoms with van der Waals surface area (Å²) in [6.45, 7) is 9.79. The van der Waals surface area contributed by atoms with Crippen LogP contribution in [-0.4, -0.2) is 56.3 Å². The van der Waals surface area contributed by atoms with E-state index >= 15 is 0 Å². The summed E-state index contributed by atoms with van der Waals surface area (Å²) >= 11 is 0. The number of nitrogens with one attached hydrogen (secondary N) is 1. The number of anilines is 1. The van der Waals surface area contributed by atoms with E-state index in [1.165, 1.54) is 4.31 Å². The molecule has 1 amide bonds. The standard InChI is InChI=1S/C22H29N3O3S/c1-16-5-6-19(4)21(14-16)29(27,28)25-9-7-24(8-10-25)15-22(26)23-20-12-17(2)11-18(3)13-20/h5-6,11-14H,7-10,15H2,1-4H3,(H,23,26). The third-order valence-electron chi connectivity index (χ3n) is 5.17. The minimum absolute atomic E-state index is 0.0826. The molecule has 29 heavy (non-hydrogen) atoms. The summed E-state index contributed by atoms with van der Waals surface area (Å²) < 4.78 is 27.6. The number of piperazine rings is 1. The molecule has 0 saturated carbocycles. The van der Waals surface area contributed by atoms with E-state index in [9.17, 15) is 13.2 Å². The summed E-state index contributed by atoms with van der Waals surface area (Å²) in [5, 5.41) is 2.94. The van der Waals surface area contributed by atoms with E-state index in [4.69, 9.17) is 0 Å². The minimum Gasteiger partial charge on any atom is -0.325 e. The van der Waals surface area contributed by atoms with Crippen LogP contribution in [0.2, 0.25) is 0 Å². The second-order valence-corrected chi connectivity index (χ2v) is 9.78. The monoisotopic (exact) mass is 415 g/mol. The van der Waals surface area contributed by atoms with Gasteiger partial charge < -0.3 is 5.32 Å². The molecule has 0 aromatic heterocycles. The molecule has 1 aliphatic rings. The average molecular weight is 416 g/mol. The van der Waals surface area contributed by atoms with Gasteiger partial charge in [0.25, 0.3) is 0 Å². The molecule has 0 radical (unpaired) electrons. The first kappa shape index (κ1) is 21.5. The highest BCUT2D eigenvalue weighted by molar-refractivity contribution is 7.89. The van der Waals surface area contributed by atoms with Crippen molar-refractivity contribution in [1.29, 1.82) is 0 Å². The van der Waals surface area contributed by atoms with Crippen LogP contribution in [0, 0.1) is 27.7 Å². The maximum absolute atomic E-state index is 13.0.